The third-order valence-corrected chi connectivity index (χ3v) is 3.86. The molecular formula is C14H29NO. The van der Waals surface area contributed by atoms with E-state index >= 15 is 0 Å². The zero-order chi connectivity index (χ0) is 12.0. The van der Waals surface area contributed by atoms with Crippen LogP contribution in [0.25, 0.3) is 0 Å². The number of aliphatic hydroxyl groups excluding tert-OH is 1. The van der Waals surface area contributed by atoms with Crippen LogP contribution in [0.15, 0.2) is 0 Å². The van der Waals surface area contributed by atoms with Crippen molar-refractivity contribution < 1.29 is 5.11 Å². The summed E-state index contributed by atoms with van der Waals surface area (Å²) in [5.41, 5.74) is 0.0733. The van der Waals surface area contributed by atoms with Crippen LogP contribution in [0.1, 0.15) is 65.7 Å². The van der Waals surface area contributed by atoms with Crippen molar-refractivity contribution >= 4 is 0 Å². The van der Waals surface area contributed by atoms with Crippen LogP contribution >= 0.6 is 0 Å². The maximum Gasteiger partial charge on any atom is 0.0448 e. The maximum atomic E-state index is 8.98. The van der Waals surface area contributed by atoms with Crippen molar-refractivity contribution in [1.82, 2.24) is 5.32 Å². The number of nitrogens with one attached hydrogen (secondary N) is 1. The molecule has 1 fully saturated rings. The Balaban J connectivity index is 2.16. The highest BCUT2D eigenvalue weighted by atomic mass is 16.3. The molecule has 0 aromatic rings. The van der Waals surface area contributed by atoms with E-state index in [1.54, 1.807) is 0 Å². The van der Waals surface area contributed by atoms with Crippen LogP contribution in [-0.2, 0) is 0 Å². The molecule has 0 radical (unpaired) electrons. The van der Waals surface area contributed by atoms with Gasteiger partial charge in [0.25, 0.3) is 0 Å². The number of rotatable bonds is 7. The van der Waals surface area contributed by atoms with E-state index < -0.39 is 0 Å². The molecule has 0 spiro atoms. The molecule has 1 saturated carbocycles. The average Bonchev–Trinajstić information content (AvgIpc) is 2.66. The molecule has 2 nitrogen and oxygen atoms in total. The fourth-order valence-corrected chi connectivity index (χ4v) is 2.88. The lowest BCUT2D eigenvalue weighted by molar-refractivity contribution is 0.216. The zero-order valence-electron chi connectivity index (χ0n) is 11.3. The van der Waals surface area contributed by atoms with Crippen molar-refractivity contribution in [2.75, 3.05) is 6.61 Å². The molecule has 0 saturated heterocycles. The first-order valence-electron chi connectivity index (χ1n) is 6.92. The Bertz CT molecular complexity index is 185. The standard InChI is InChI=1S/C14H29NO/c1-12(15-14(2,3)10-11-16)8-9-13-6-4-5-7-13/h12-13,15-16H,4-11H2,1-3H3. The lowest BCUT2D eigenvalue weighted by atomic mass is 9.95. The summed E-state index contributed by atoms with van der Waals surface area (Å²) in [6, 6.07) is 0.571. The first-order chi connectivity index (χ1) is 7.53. The Morgan fingerprint density at radius 3 is 2.50 bits per heavy atom. The van der Waals surface area contributed by atoms with Crippen LogP contribution in [0, 0.1) is 5.92 Å². The van der Waals surface area contributed by atoms with Crippen LogP contribution in [-0.4, -0.2) is 23.3 Å². The molecule has 0 amide bonds. The molecule has 2 N–H and O–H groups in total. The molecule has 1 unspecified atom stereocenters. The topological polar surface area (TPSA) is 32.3 Å². The van der Waals surface area contributed by atoms with Gasteiger partial charge in [-0.25, -0.2) is 0 Å². The smallest absolute Gasteiger partial charge is 0.0448 e. The van der Waals surface area contributed by atoms with E-state index in [2.05, 4.69) is 26.1 Å². The van der Waals surface area contributed by atoms with Crippen molar-refractivity contribution in [2.24, 2.45) is 5.92 Å². The monoisotopic (exact) mass is 227 g/mol. The zero-order valence-corrected chi connectivity index (χ0v) is 11.3. The Hall–Kier alpha value is -0.0800. The van der Waals surface area contributed by atoms with Gasteiger partial charge in [-0.2, -0.15) is 0 Å². The molecule has 0 aromatic heterocycles. The summed E-state index contributed by atoms with van der Waals surface area (Å²) < 4.78 is 0. The van der Waals surface area contributed by atoms with E-state index in [4.69, 9.17) is 5.11 Å². The molecule has 1 rings (SSSR count). The largest absolute Gasteiger partial charge is 0.396 e. The second kappa shape index (κ2) is 6.61. The van der Waals surface area contributed by atoms with Crippen molar-refractivity contribution in [3.05, 3.63) is 0 Å². The second-order valence-electron chi connectivity index (χ2n) is 6.13. The summed E-state index contributed by atoms with van der Waals surface area (Å²) in [6.45, 7) is 6.90. The van der Waals surface area contributed by atoms with Gasteiger partial charge in [-0.05, 0) is 46.0 Å². The first-order valence-corrected chi connectivity index (χ1v) is 6.92. The molecule has 2 heteroatoms. The Kier molecular flexibility index (Phi) is 5.77. The summed E-state index contributed by atoms with van der Waals surface area (Å²) in [6.07, 6.45) is 9.29. The second-order valence-corrected chi connectivity index (χ2v) is 6.13. The SMILES string of the molecule is CC(CCC1CCCC1)NC(C)(C)CCO. The highest BCUT2D eigenvalue weighted by Gasteiger charge is 2.21. The minimum absolute atomic E-state index is 0.0733. The van der Waals surface area contributed by atoms with Crippen LogP contribution in [0.3, 0.4) is 0 Å². The van der Waals surface area contributed by atoms with E-state index in [1.807, 2.05) is 0 Å². The fourth-order valence-electron chi connectivity index (χ4n) is 2.88. The lowest BCUT2D eigenvalue weighted by Gasteiger charge is -2.30. The van der Waals surface area contributed by atoms with Gasteiger partial charge in [-0.1, -0.05) is 25.7 Å². The van der Waals surface area contributed by atoms with Crippen molar-refractivity contribution in [2.45, 2.75) is 77.3 Å². The third-order valence-electron chi connectivity index (χ3n) is 3.86. The van der Waals surface area contributed by atoms with Crippen LogP contribution in [0.2, 0.25) is 0 Å². The predicted octanol–water partition coefficient (Wildman–Crippen LogP) is 3.10. The fraction of sp³-hybridized carbons (Fsp3) is 1.00. The highest BCUT2D eigenvalue weighted by molar-refractivity contribution is 4.81. The van der Waals surface area contributed by atoms with Gasteiger partial charge in [0.05, 0.1) is 0 Å². The quantitative estimate of drug-likeness (QED) is 0.700. The molecular weight excluding hydrogens is 198 g/mol. The van der Waals surface area contributed by atoms with Gasteiger partial charge in [-0.15, -0.1) is 0 Å². The summed E-state index contributed by atoms with van der Waals surface area (Å²) >= 11 is 0. The van der Waals surface area contributed by atoms with E-state index in [-0.39, 0.29) is 12.1 Å². The molecule has 16 heavy (non-hydrogen) atoms. The number of aliphatic hydroxyl groups is 1. The molecule has 0 aliphatic heterocycles. The molecule has 0 bridgehead atoms. The summed E-state index contributed by atoms with van der Waals surface area (Å²) in [5, 5.41) is 12.6. The minimum atomic E-state index is 0.0733. The molecule has 0 aromatic carbocycles. The van der Waals surface area contributed by atoms with Gasteiger partial charge in [0.1, 0.15) is 0 Å². The molecule has 1 aliphatic rings. The van der Waals surface area contributed by atoms with E-state index in [0.29, 0.717) is 6.04 Å². The van der Waals surface area contributed by atoms with Gasteiger partial charge < -0.3 is 10.4 Å². The molecule has 0 heterocycles. The summed E-state index contributed by atoms with van der Waals surface area (Å²) in [4.78, 5) is 0. The average molecular weight is 227 g/mol. The van der Waals surface area contributed by atoms with Gasteiger partial charge in [0.15, 0.2) is 0 Å². The lowest BCUT2D eigenvalue weighted by Crippen LogP contribution is -2.45. The van der Waals surface area contributed by atoms with E-state index in [1.165, 1.54) is 38.5 Å². The Labute approximate surface area is 101 Å². The highest BCUT2D eigenvalue weighted by Crippen LogP contribution is 2.29. The Morgan fingerprint density at radius 2 is 1.94 bits per heavy atom. The Morgan fingerprint density at radius 1 is 1.31 bits per heavy atom. The third kappa shape index (κ3) is 5.31. The predicted molar refractivity (Wildman–Crippen MR) is 69.6 cm³/mol. The van der Waals surface area contributed by atoms with Gasteiger partial charge in [0.2, 0.25) is 0 Å². The van der Waals surface area contributed by atoms with Gasteiger partial charge in [-0.3, -0.25) is 0 Å². The van der Waals surface area contributed by atoms with Crippen molar-refractivity contribution in [1.29, 1.82) is 0 Å². The first kappa shape index (κ1) is 14.0. The molecule has 96 valence electrons. The maximum absolute atomic E-state index is 8.98. The van der Waals surface area contributed by atoms with Crippen molar-refractivity contribution in [3.63, 3.8) is 0 Å². The van der Waals surface area contributed by atoms with E-state index in [9.17, 15) is 0 Å². The van der Waals surface area contributed by atoms with Crippen LogP contribution in [0.5, 0.6) is 0 Å². The van der Waals surface area contributed by atoms with Crippen molar-refractivity contribution in [3.8, 4) is 0 Å². The summed E-state index contributed by atoms with van der Waals surface area (Å²) in [7, 11) is 0. The van der Waals surface area contributed by atoms with Gasteiger partial charge in [0, 0.05) is 18.2 Å². The number of hydrogen-bond acceptors (Lipinski definition) is 2. The normalized spacial score (nSPS) is 20.2. The number of hydrogen-bond donors (Lipinski definition) is 2. The van der Waals surface area contributed by atoms with E-state index in [0.717, 1.165) is 12.3 Å². The summed E-state index contributed by atoms with van der Waals surface area (Å²) in [5.74, 6) is 0.991. The molecule has 1 aliphatic carbocycles. The minimum Gasteiger partial charge on any atom is -0.396 e. The molecule has 1 atom stereocenters. The van der Waals surface area contributed by atoms with Crippen LogP contribution < -0.4 is 5.32 Å². The van der Waals surface area contributed by atoms with Crippen LogP contribution in [0.4, 0.5) is 0 Å². The van der Waals surface area contributed by atoms with Gasteiger partial charge >= 0.3 is 0 Å².